The van der Waals surface area contributed by atoms with Gasteiger partial charge in [0.25, 0.3) is 5.91 Å². The lowest BCUT2D eigenvalue weighted by molar-refractivity contribution is -0.128. The summed E-state index contributed by atoms with van der Waals surface area (Å²) < 4.78 is 11.9. The van der Waals surface area contributed by atoms with Gasteiger partial charge in [-0.2, -0.15) is 0 Å². The van der Waals surface area contributed by atoms with Crippen LogP contribution in [0.3, 0.4) is 0 Å². The first-order valence-corrected chi connectivity index (χ1v) is 9.75. The van der Waals surface area contributed by atoms with Gasteiger partial charge in [0.1, 0.15) is 5.75 Å². The lowest BCUT2D eigenvalue weighted by Crippen LogP contribution is -2.45. The number of benzene rings is 2. The minimum atomic E-state index is -1.07. The molecule has 0 fully saturated rings. The SMILES string of the molecule is C=CC[C@@]12N=C(c3ccc(OCCCO)cc3)O[C@@H]1c1ccccc1CNC2=O. The number of nitrogens with zero attached hydrogens (tertiary/aromatic N) is 1. The van der Waals surface area contributed by atoms with Gasteiger partial charge in [-0.15, -0.1) is 6.58 Å². The van der Waals surface area contributed by atoms with E-state index in [4.69, 9.17) is 19.6 Å². The number of carbonyl (C=O) groups is 1. The number of hydrogen-bond acceptors (Lipinski definition) is 5. The highest BCUT2D eigenvalue weighted by molar-refractivity contribution is 6.01. The summed E-state index contributed by atoms with van der Waals surface area (Å²) in [5, 5.41) is 11.9. The van der Waals surface area contributed by atoms with E-state index >= 15 is 0 Å². The lowest BCUT2D eigenvalue weighted by Gasteiger charge is -2.27. The van der Waals surface area contributed by atoms with E-state index in [2.05, 4.69) is 11.9 Å². The monoisotopic (exact) mass is 392 g/mol. The molecule has 0 spiro atoms. The number of amides is 1. The Morgan fingerprint density at radius 2 is 2.07 bits per heavy atom. The summed E-state index contributed by atoms with van der Waals surface area (Å²) in [5.41, 5.74) is 1.71. The molecule has 6 nitrogen and oxygen atoms in total. The molecule has 2 N–H and O–H groups in total. The molecule has 4 rings (SSSR count). The molecule has 2 aliphatic rings. The number of ether oxygens (including phenoxy) is 2. The third-order valence-electron chi connectivity index (χ3n) is 5.26. The highest BCUT2D eigenvalue weighted by Crippen LogP contribution is 2.45. The summed E-state index contributed by atoms with van der Waals surface area (Å²) in [6.45, 7) is 4.84. The number of nitrogens with one attached hydrogen (secondary N) is 1. The van der Waals surface area contributed by atoms with Crippen LogP contribution in [0.5, 0.6) is 5.75 Å². The van der Waals surface area contributed by atoms with Crippen LogP contribution in [0, 0.1) is 0 Å². The maximum absolute atomic E-state index is 13.1. The van der Waals surface area contributed by atoms with Crippen molar-refractivity contribution in [3.05, 3.63) is 77.9 Å². The predicted molar refractivity (Wildman–Crippen MR) is 110 cm³/mol. The predicted octanol–water partition coefficient (Wildman–Crippen LogP) is 2.91. The van der Waals surface area contributed by atoms with Gasteiger partial charge < -0.3 is 19.9 Å². The summed E-state index contributed by atoms with van der Waals surface area (Å²) in [4.78, 5) is 17.9. The second-order valence-corrected chi connectivity index (χ2v) is 7.16. The summed E-state index contributed by atoms with van der Waals surface area (Å²) in [6.07, 6.45) is 2.17. The Hall–Kier alpha value is -3.12. The maximum Gasteiger partial charge on any atom is 0.252 e. The molecule has 0 saturated carbocycles. The van der Waals surface area contributed by atoms with Crippen molar-refractivity contribution >= 4 is 11.8 Å². The van der Waals surface area contributed by atoms with Gasteiger partial charge in [0, 0.05) is 37.1 Å². The molecule has 0 saturated heterocycles. The van der Waals surface area contributed by atoms with Crippen LogP contribution in [-0.4, -0.2) is 35.7 Å². The van der Waals surface area contributed by atoms with Crippen molar-refractivity contribution in [3.63, 3.8) is 0 Å². The zero-order valence-electron chi connectivity index (χ0n) is 16.1. The first kappa shape index (κ1) is 19.2. The van der Waals surface area contributed by atoms with E-state index in [1.807, 2.05) is 48.5 Å². The van der Waals surface area contributed by atoms with Gasteiger partial charge in [-0.1, -0.05) is 30.3 Å². The van der Waals surface area contributed by atoms with Crippen molar-refractivity contribution in [2.75, 3.05) is 13.2 Å². The van der Waals surface area contributed by atoms with Gasteiger partial charge in [0.2, 0.25) is 5.90 Å². The van der Waals surface area contributed by atoms with E-state index in [9.17, 15) is 4.79 Å². The van der Waals surface area contributed by atoms with E-state index in [0.717, 1.165) is 16.7 Å². The van der Waals surface area contributed by atoms with Crippen LogP contribution >= 0.6 is 0 Å². The Bertz CT molecular complexity index is 938. The molecule has 0 unspecified atom stereocenters. The van der Waals surface area contributed by atoms with Crippen LogP contribution in [0.2, 0.25) is 0 Å². The van der Waals surface area contributed by atoms with E-state index in [1.54, 1.807) is 6.08 Å². The molecule has 2 aromatic carbocycles. The topological polar surface area (TPSA) is 80.2 Å². The Balaban J connectivity index is 1.67. The number of carbonyl (C=O) groups excluding carboxylic acids is 1. The zero-order chi connectivity index (χ0) is 20.3. The number of fused-ring (bicyclic) bond motifs is 3. The second-order valence-electron chi connectivity index (χ2n) is 7.16. The van der Waals surface area contributed by atoms with Crippen LogP contribution in [0.1, 0.15) is 35.6 Å². The first-order valence-electron chi connectivity index (χ1n) is 9.75. The number of aliphatic hydroxyl groups excluding tert-OH is 1. The fourth-order valence-electron chi connectivity index (χ4n) is 3.79. The molecule has 6 heteroatoms. The van der Waals surface area contributed by atoms with Crippen molar-refractivity contribution in [1.82, 2.24) is 5.32 Å². The Morgan fingerprint density at radius 3 is 2.83 bits per heavy atom. The molecule has 1 amide bonds. The average Bonchev–Trinajstić information content (AvgIpc) is 3.09. The van der Waals surface area contributed by atoms with E-state index < -0.39 is 11.6 Å². The standard InChI is InChI=1S/C23H24N2O4/c1-2-12-23-20(19-7-4-3-6-17(19)15-24-22(23)27)29-21(25-23)16-8-10-18(11-9-16)28-14-5-13-26/h2-4,6-11,20,26H,1,5,12-15H2,(H,24,27)/t20-,23-/m1/s1. The molecule has 0 bridgehead atoms. The highest BCUT2D eigenvalue weighted by Gasteiger charge is 2.54. The van der Waals surface area contributed by atoms with Crippen molar-refractivity contribution in [2.45, 2.75) is 31.0 Å². The van der Waals surface area contributed by atoms with Crippen molar-refractivity contribution in [2.24, 2.45) is 4.99 Å². The molecule has 0 radical (unpaired) electrons. The van der Waals surface area contributed by atoms with E-state index in [-0.39, 0.29) is 12.5 Å². The quantitative estimate of drug-likeness (QED) is 0.561. The number of hydrogen-bond donors (Lipinski definition) is 2. The van der Waals surface area contributed by atoms with Crippen LogP contribution in [0.25, 0.3) is 0 Å². The molecule has 29 heavy (non-hydrogen) atoms. The van der Waals surface area contributed by atoms with Crippen molar-refractivity contribution in [1.29, 1.82) is 0 Å². The molecule has 2 aromatic rings. The smallest absolute Gasteiger partial charge is 0.252 e. The normalized spacial score (nSPS) is 22.4. The van der Waals surface area contributed by atoms with Gasteiger partial charge in [-0.3, -0.25) is 4.79 Å². The van der Waals surface area contributed by atoms with Crippen LogP contribution in [0.15, 0.2) is 66.2 Å². The van der Waals surface area contributed by atoms with Gasteiger partial charge in [0.05, 0.1) is 6.61 Å². The number of aliphatic hydroxyl groups is 1. The summed E-state index contributed by atoms with van der Waals surface area (Å²) >= 11 is 0. The molecule has 2 aliphatic heterocycles. The van der Waals surface area contributed by atoms with Crippen molar-refractivity contribution in [3.8, 4) is 5.75 Å². The van der Waals surface area contributed by atoms with E-state index in [0.29, 0.717) is 37.6 Å². The summed E-state index contributed by atoms with van der Waals surface area (Å²) in [6, 6.07) is 15.3. The van der Waals surface area contributed by atoms with Gasteiger partial charge in [-0.25, -0.2) is 4.99 Å². The minimum Gasteiger partial charge on any atom is -0.494 e. The van der Waals surface area contributed by atoms with Crippen LogP contribution in [0.4, 0.5) is 0 Å². The highest BCUT2D eigenvalue weighted by atomic mass is 16.5. The van der Waals surface area contributed by atoms with Crippen LogP contribution in [-0.2, 0) is 16.1 Å². The zero-order valence-corrected chi connectivity index (χ0v) is 16.1. The third kappa shape index (κ3) is 3.51. The Kier molecular flexibility index (Phi) is 5.36. The fraction of sp³-hybridized carbons (Fsp3) is 0.304. The minimum absolute atomic E-state index is 0.0963. The molecular formula is C23H24N2O4. The number of aliphatic imine (C=N–C) groups is 1. The fourth-order valence-corrected chi connectivity index (χ4v) is 3.79. The third-order valence-corrected chi connectivity index (χ3v) is 5.26. The average molecular weight is 392 g/mol. The summed E-state index contributed by atoms with van der Waals surface area (Å²) in [5.74, 6) is 0.988. The van der Waals surface area contributed by atoms with Gasteiger partial charge >= 0.3 is 0 Å². The molecule has 2 atom stereocenters. The van der Waals surface area contributed by atoms with Crippen molar-refractivity contribution < 1.29 is 19.4 Å². The van der Waals surface area contributed by atoms with E-state index in [1.165, 1.54) is 0 Å². The molecule has 0 aliphatic carbocycles. The van der Waals surface area contributed by atoms with Gasteiger partial charge in [0.15, 0.2) is 11.6 Å². The molecule has 2 heterocycles. The molecular weight excluding hydrogens is 368 g/mol. The summed E-state index contributed by atoms with van der Waals surface area (Å²) in [7, 11) is 0. The largest absolute Gasteiger partial charge is 0.494 e. The van der Waals surface area contributed by atoms with Crippen LogP contribution < -0.4 is 10.1 Å². The molecule has 0 aromatic heterocycles. The van der Waals surface area contributed by atoms with Gasteiger partial charge in [-0.05, 0) is 29.8 Å². The maximum atomic E-state index is 13.1. The second kappa shape index (κ2) is 8.09. The Labute approximate surface area is 169 Å². The lowest BCUT2D eigenvalue weighted by atomic mass is 9.84. The Morgan fingerprint density at radius 1 is 1.28 bits per heavy atom. The molecule has 150 valence electrons. The first-order chi connectivity index (χ1) is 14.2. The number of rotatable bonds is 7.